The average Bonchev–Trinajstić information content (AvgIpc) is 3.23. The lowest BCUT2D eigenvalue weighted by Crippen LogP contribution is -2.25. The topological polar surface area (TPSA) is 59.0 Å². The SMILES string of the molecule is CCC1CC(c2ccc(C(F)(F)F)cc2NC(=O)Nc2cccc3c2ccn3Cc2ccncc2)C1. The molecule has 0 radical (unpaired) electrons. The van der Waals surface area contributed by atoms with Crippen molar-refractivity contribution in [3.63, 3.8) is 0 Å². The molecule has 0 bridgehead atoms. The van der Waals surface area contributed by atoms with Crippen LogP contribution in [0.5, 0.6) is 0 Å². The van der Waals surface area contributed by atoms with Crippen LogP contribution in [0.15, 0.2) is 73.2 Å². The molecule has 1 aliphatic rings. The van der Waals surface area contributed by atoms with Crippen LogP contribution in [0.3, 0.4) is 0 Å². The van der Waals surface area contributed by atoms with E-state index in [1.807, 2.05) is 36.5 Å². The van der Waals surface area contributed by atoms with Crippen LogP contribution in [0.4, 0.5) is 29.3 Å². The summed E-state index contributed by atoms with van der Waals surface area (Å²) in [6.07, 6.45) is 3.83. The predicted octanol–water partition coefficient (Wildman–Crippen LogP) is 7.65. The number of amides is 2. The van der Waals surface area contributed by atoms with Crippen LogP contribution in [0.25, 0.3) is 10.9 Å². The van der Waals surface area contributed by atoms with Gasteiger partial charge in [0.15, 0.2) is 0 Å². The molecule has 0 atom stereocenters. The second kappa shape index (κ2) is 9.68. The lowest BCUT2D eigenvalue weighted by atomic mass is 9.70. The zero-order valence-electron chi connectivity index (χ0n) is 19.8. The van der Waals surface area contributed by atoms with E-state index >= 15 is 0 Å². The summed E-state index contributed by atoms with van der Waals surface area (Å²) in [5.41, 5.74) is 2.81. The Bertz CT molecular complexity index is 1370. The van der Waals surface area contributed by atoms with Crippen LogP contribution in [0.1, 0.15) is 48.8 Å². The number of pyridine rings is 1. The third kappa shape index (κ3) is 4.94. The van der Waals surface area contributed by atoms with Crippen molar-refractivity contribution in [2.75, 3.05) is 10.6 Å². The number of carbonyl (C=O) groups is 1. The van der Waals surface area contributed by atoms with E-state index in [4.69, 9.17) is 0 Å². The Morgan fingerprint density at radius 1 is 1.03 bits per heavy atom. The highest BCUT2D eigenvalue weighted by Gasteiger charge is 2.34. The van der Waals surface area contributed by atoms with Crippen molar-refractivity contribution >= 4 is 28.3 Å². The number of rotatable bonds is 6. The van der Waals surface area contributed by atoms with Gasteiger partial charge in [0.05, 0.1) is 16.8 Å². The first-order valence-corrected chi connectivity index (χ1v) is 12.1. The Morgan fingerprint density at radius 3 is 2.50 bits per heavy atom. The quantitative estimate of drug-likeness (QED) is 0.290. The molecule has 2 amide bonds. The smallest absolute Gasteiger partial charge is 0.343 e. The normalized spacial score (nSPS) is 17.6. The summed E-state index contributed by atoms with van der Waals surface area (Å²) < 4.78 is 42.3. The fourth-order valence-corrected chi connectivity index (χ4v) is 4.95. The van der Waals surface area contributed by atoms with Crippen LogP contribution in [0, 0.1) is 5.92 Å². The molecule has 5 nitrogen and oxygen atoms in total. The first kappa shape index (κ1) is 23.9. The van der Waals surface area contributed by atoms with E-state index < -0.39 is 17.8 Å². The molecule has 0 aliphatic heterocycles. The van der Waals surface area contributed by atoms with Crippen molar-refractivity contribution in [3.8, 4) is 0 Å². The minimum absolute atomic E-state index is 0.151. The van der Waals surface area contributed by atoms with E-state index in [2.05, 4.69) is 27.1 Å². The maximum atomic E-state index is 13.4. The number of urea groups is 1. The van der Waals surface area contributed by atoms with Gasteiger partial charge in [-0.05, 0) is 78.3 Å². The lowest BCUT2D eigenvalue weighted by molar-refractivity contribution is -0.137. The number of fused-ring (bicyclic) bond motifs is 1. The number of alkyl halides is 3. The molecule has 4 aromatic rings. The number of hydrogen-bond acceptors (Lipinski definition) is 2. The van der Waals surface area contributed by atoms with E-state index in [9.17, 15) is 18.0 Å². The molecule has 2 heterocycles. The van der Waals surface area contributed by atoms with Gasteiger partial charge in [0.25, 0.3) is 0 Å². The molecule has 1 aliphatic carbocycles. The van der Waals surface area contributed by atoms with Gasteiger partial charge in [-0.3, -0.25) is 4.98 Å². The number of nitrogens with one attached hydrogen (secondary N) is 2. The monoisotopic (exact) mass is 492 g/mol. The van der Waals surface area contributed by atoms with Crippen molar-refractivity contribution < 1.29 is 18.0 Å². The molecule has 2 aromatic carbocycles. The van der Waals surface area contributed by atoms with Crippen LogP contribution in [0.2, 0.25) is 0 Å². The largest absolute Gasteiger partial charge is 0.416 e. The Morgan fingerprint density at radius 2 is 1.78 bits per heavy atom. The Labute approximate surface area is 207 Å². The molecule has 36 heavy (non-hydrogen) atoms. The zero-order valence-corrected chi connectivity index (χ0v) is 19.8. The Hall–Kier alpha value is -3.81. The first-order valence-electron chi connectivity index (χ1n) is 12.1. The summed E-state index contributed by atoms with van der Waals surface area (Å²) in [4.78, 5) is 17.0. The van der Waals surface area contributed by atoms with E-state index in [-0.39, 0.29) is 11.6 Å². The maximum Gasteiger partial charge on any atom is 0.416 e. The van der Waals surface area contributed by atoms with E-state index in [0.29, 0.717) is 18.2 Å². The highest BCUT2D eigenvalue weighted by atomic mass is 19.4. The molecule has 5 rings (SSSR count). The predicted molar refractivity (Wildman–Crippen MR) is 135 cm³/mol. The molecule has 0 spiro atoms. The van der Waals surface area contributed by atoms with Gasteiger partial charge in [-0.2, -0.15) is 13.2 Å². The third-order valence-corrected chi connectivity index (χ3v) is 7.05. The van der Waals surface area contributed by atoms with Gasteiger partial charge in [0, 0.05) is 36.2 Å². The number of anilines is 2. The molecular formula is C28H27F3N4O. The van der Waals surface area contributed by atoms with Crippen molar-refractivity contribution in [2.45, 2.75) is 44.8 Å². The van der Waals surface area contributed by atoms with Crippen molar-refractivity contribution in [1.29, 1.82) is 0 Å². The number of benzene rings is 2. The summed E-state index contributed by atoms with van der Waals surface area (Å²) in [7, 11) is 0. The molecule has 1 fully saturated rings. The van der Waals surface area contributed by atoms with Gasteiger partial charge in [0.2, 0.25) is 0 Å². The van der Waals surface area contributed by atoms with Crippen LogP contribution < -0.4 is 10.6 Å². The molecule has 186 valence electrons. The first-order chi connectivity index (χ1) is 17.3. The van der Waals surface area contributed by atoms with Crippen LogP contribution in [-0.4, -0.2) is 15.6 Å². The fraction of sp³-hybridized carbons (Fsp3) is 0.286. The molecule has 0 unspecified atom stereocenters. The number of carbonyl (C=O) groups excluding carboxylic acids is 1. The number of aromatic nitrogens is 2. The molecule has 0 saturated heterocycles. The second-order valence-corrected chi connectivity index (χ2v) is 9.36. The summed E-state index contributed by atoms with van der Waals surface area (Å²) >= 11 is 0. The zero-order chi connectivity index (χ0) is 25.3. The Balaban J connectivity index is 1.37. The van der Waals surface area contributed by atoms with E-state index in [0.717, 1.165) is 53.4 Å². The summed E-state index contributed by atoms with van der Waals surface area (Å²) in [6, 6.07) is 14.5. The maximum absolute atomic E-state index is 13.4. The standard InChI is InChI=1S/C28H27F3N4O/c1-2-18-14-20(15-18)22-7-6-21(28(29,30)31)16-25(22)34-27(36)33-24-4-3-5-26-23(24)10-13-35(26)17-19-8-11-32-12-9-19/h3-13,16,18,20H,2,14-15,17H2,1H3,(H2,33,34,36). The third-order valence-electron chi connectivity index (χ3n) is 7.05. The summed E-state index contributed by atoms with van der Waals surface area (Å²) in [6.45, 7) is 2.76. The molecule has 8 heteroatoms. The van der Waals surface area contributed by atoms with Gasteiger partial charge in [-0.1, -0.05) is 25.5 Å². The van der Waals surface area contributed by atoms with Gasteiger partial charge < -0.3 is 15.2 Å². The van der Waals surface area contributed by atoms with Gasteiger partial charge in [-0.15, -0.1) is 0 Å². The van der Waals surface area contributed by atoms with Crippen LogP contribution in [-0.2, 0) is 12.7 Å². The average molecular weight is 493 g/mol. The van der Waals surface area contributed by atoms with E-state index in [1.54, 1.807) is 18.5 Å². The summed E-state index contributed by atoms with van der Waals surface area (Å²) in [5, 5.41) is 6.38. The second-order valence-electron chi connectivity index (χ2n) is 9.36. The molecule has 2 aromatic heterocycles. The number of halogens is 3. The van der Waals surface area contributed by atoms with E-state index in [1.165, 1.54) is 6.07 Å². The van der Waals surface area contributed by atoms with Crippen LogP contribution >= 0.6 is 0 Å². The van der Waals surface area contributed by atoms with Gasteiger partial charge >= 0.3 is 12.2 Å². The Kier molecular flexibility index (Phi) is 6.43. The van der Waals surface area contributed by atoms with Gasteiger partial charge in [0.1, 0.15) is 0 Å². The number of hydrogen-bond donors (Lipinski definition) is 2. The number of nitrogens with zero attached hydrogens (tertiary/aromatic N) is 2. The van der Waals surface area contributed by atoms with Crippen molar-refractivity contribution in [2.24, 2.45) is 5.92 Å². The van der Waals surface area contributed by atoms with Crippen molar-refractivity contribution in [3.05, 3.63) is 89.9 Å². The van der Waals surface area contributed by atoms with Gasteiger partial charge in [-0.25, -0.2) is 4.79 Å². The molecular weight excluding hydrogens is 465 g/mol. The van der Waals surface area contributed by atoms with Crippen molar-refractivity contribution in [1.82, 2.24) is 9.55 Å². The molecule has 2 N–H and O–H groups in total. The minimum Gasteiger partial charge on any atom is -0.343 e. The highest BCUT2D eigenvalue weighted by Crippen LogP contribution is 2.46. The fourth-order valence-electron chi connectivity index (χ4n) is 4.95. The summed E-state index contributed by atoms with van der Waals surface area (Å²) in [5.74, 6) is 0.728. The molecule has 1 saturated carbocycles. The lowest BCUT2D eigenvalue weighted by Gasteiger charge is -2.36. The highest BCUT2D eigenvalue weighted by molar-refractivity contribution is 6.06. The minimum atomic E-state index is -4.49.